The van der Waals surface area contributed by atoms with Gasteiger partial charge < -0.3 is 5.73 Å². The molecule has 0 amide bonds. The van der Waals surface area contributed by atoms with E-state index in [1.807, 2.05) is 12.3 Å². The molecule has 15 heavy (non-hydrogen) atoms. The maximum Gasteiger partial charge on any atom is 0.0572 e. The number of nitrogens with zero attached hydrogens (tertiary/aromatic N) is 2. The summed E-state index contributed by atoms with van der Waals surface area (Å²) in [4.78, 5) is 6.87. The van der Waals surface area contributed by atoms with E-state index in [0.29, 0.717) is 12.0 Å². The quantitative estimate of drug-likeness (QED) is 0.811. The highest BCUT2D eigenvalue weighted by molar-refractivity contribution is 5.08. The Bertz CT molecular complexity index is 299. The average Bonchev–Trinajstić information content (AvgIpc) is 2.78. The molecule has 0 unspecified atom stereocenters. The first-order valence-corrected chi connectivity index (χ1v) is 5.66. The largest absolute Gasteiger partial charge is 0.330 e. The van der Waals surface area contributed by atoms with E-state index < -0.39 is 0 Å². The third-order valence-electron chi connectivity index (χ3n) is 3.31. The zero-order valence-electron chi connectivity index (χ0n) is 9.26. The summed E-state index contributed by atoms with van der Waals surface area (Å²) in [6.07, 6.45) is 3.09. The lowest BCUT2D eigenvalue weighted by atomic mass is 10.1. The lowest BCUT2D eigenvalue weighted by molar-refractivity contribution is 0.249. The van der Waals surface area contributed by atoms with E-state index in [-0.39, 0.29) is 0 Å². The van der Waals surface area contributed by atoms with Crippen LogP contribution in [0.2, 0.25) is 0 Å². The molecular formula is C12H19N3. The van der Waals surface area contributed by atoms with Gasteiger partial charge in [-0.1, -0.05) is 6.07 Å². The van der Waals surface area contributed by atoms with E-state index >= 15 is 0 Å². The number of pyridine rings is 1. The topological polar surface area (TPSA) is 42.2 Å². The molecule has 0 saturated carbocycles. The predicted molar refractivity (Wildman–Crippen MR) is 61.4 cm³/mol. The van der Waals surface area contributed by atoms with Gasteiger partial charge in [0, 0.05) is 18.8 Å². The summed E-state index contributed by atoms with van der Waals surface area (Å²) >= 11 is 0. The minimum Gasteiger partial charge on any atom is -0.330 e. The molecule has 3 nitrogen and oxygen atoms in total. The van der Waals surface area contributed by atoms with E-state index in [2.05, 4.69) is 28.9 Å². The third kappa shape index (κ3) is 2.36. The van der Waals surface area contributed by atoms with Gasteiger partial charge in [-0.25, -0.2) is 0 Å². The minimum atomic E-state index is 0.419. The van der Waals surface area contributed by atoms with Gasteiger partial charge in [-0.2, -0.15) is 0 Å². The molecule has 3 heteroatoms. The Morgan fingerprint density at radius 2 is 2.47 bits per heavy atom. The maximum absolute atomic E-state index is 5.69. The predicted octanol–water partition coefficient (Wildman–Crippen LogP) is 1.42. The molecule has 2 atom stereocenters. The molecule has 1 aromatic rings. The molecule has 0 radical (unpaired) electrons. The molecule has 2 rings (SSSR count). The fraction of sp³-hybridized carbons (Fsp3) is 0.583. The Hall–Kier alpha value is -0.930. The second-order valence-electron chi connectivity index (χ2n) is 4.32. The summed E-state index contributed by atoms with van der Waals surface area (Å²) in [5, 5.41) is 0. The van der Waals surface area contributed by atoms with Gasteiger partial charge in [-0.05, 0) is 44.5 Å². The van der Waals surface area contributed by atoms with Crippen molar-refractivity contribution in [3.8, 4) is 0 Å². The van der Waals surface area contributed by atoms with Crippen molar-refractivity contribution in [2.45, 2.75) is 19.4 Å². The Morgan fingerprint density at radius 3 is 3.07 bits per heavy atom. The molecule has 0 aromatic carbocycles. The van der Waals surface area contributed by atoms with Crippen LogP contribution in [0.5, 0.6) is 0 Å². The molecule has 1 aliphatic heterocycles. The highest BCUT2D eigenvalue weighted by Gasteiger charge is 2.26. The summed E-state index contributed by atoms with van der Waals surface area (Å²) in [6, 6.07) is 6.53. The summed E-state index contributed by atoms with van der Waals surface area (Å²) in [5.74, 6) is 0.677. The molecule has 2 N–H and O–H groups in total. The summed E-state index contributed by atoms with van der Waals surface area (Å²) in [5.41, 5.74) is 6.85. The van der Waals surface area contributed by atoms with Crippen molar-refractivity contribution in [1.29, 1.82) is 0 Å². The SMILES string of the molecule is C[C@H](c1ccccn1)N1CC[C@H](CN)C1. The van der Waals surface area contributed by atoms with Crippen LogP contribution in [-0.2, 0) is 0 Å². The number of rotatable bonds is 3. The van der Waals surface area contributed by atoms with Crippen molar-refractivity contribution in [1.82, 2.24) is 9.88 Å². The third-order valence-corrected chi connectivity index (χ3v) is 3.31. The van der Waals surface area contributed by atoms with Crippen molar-refractivity contribution >= 4 is 0 Å². The van der Waals surface area contributed by atoms with E-state index in [1.54, 1.807) is 0 Å². The standard InChI is InChI=1S/C12H19N3/c1-10(12-4-2-3-6-14-12)15-7-5-11(8-13)9-15/h2-4,6,10-11H,5,7-9,13H2,1H3/t10-,11-/m1/s1. The monoisotopic (exact) mass is 205 g/mol. The van der Waals surface area contributed by atoms with Crippen molar-refractivity contribution in [3.05, 3.63) is 30.1 Å². The van der Waals surface area contributed by atoms with Gasteiger partial charge in [0.15, 0.2) is 0 Å². The van der Waals surface area contributed by atoms with Gasteiger partial charge in [0.25, 0.3) is 0 Å². The molecule has 1 aromatic heterocycles. The molecule has 1 aliphatic rings. The van der Waals surface area contributed by atoms with Crippen molar-refractivity contribution in [2.75, 3.05) is 19.6 Å². The van der Waals surface area contributed by atoms with Gasteiger partial charge in [0.1, 0.15) is 0 Å². The van der Waals surface area contributed by atoms with Crippen LogP contribution in [0, 0.1) is 5.92 Å². The number of likely N-dealkylation sites (tertiary alicyclic amines) is 1. The number of hydrogen-bond acceptors (Lipinski definition) is 3. The lowest BCUT2D eigenvalue weighted by Crippen LogP contribution is -2.26. The van der Waals surface area contributed by atoms with Crippen LogP contribution in [-0.4, -0.2) is 29.5 Å². The second-order valence-corrected chi connectivity index (χ2v) is 4.32. The first kappa shape index (κ1) is 10.6. The highest BCUT2D eigenvalue weighted by Crippen LogP contribution is 2.25. The highest BCUT2D eigenvalue weighted by atomic mass is 15.2. The minimum absolute atomic E-state index is 0.419. The Morgan fingerprint density at radius 1 is 1.60 bits per heavy atom. The van der Waals surface area contributed by atoms with Gasteiger partial charge in [0.2, 0.25) is 0 Å². The first-order chi connectivity index (χ1) is 7.31. The van der Waals surface area contributed by atoms with Crippen LogP contribution in [0.4, 0.5) is 0 Å². The van der Waals surface area contributed by atoms with Gasteiger partial charge in [-0.15, -0.1) is 0 Å². The number of aromatic nitrogens is 1. The van der Waals surface area contributed by atoms with Crippen LogP contribution in [0.1, 0.15) is 25.1 Å². The van der Waals surface area contributed by atoms with Crippen LogP contribution >= 0.6 is 0 Å². The first-order valence-electron chi connectivity index (χ1n) is 5.66. The van der Waals surface area contributed by atoms with Gasteiger partial charge in [-0.3, -0.25) is 9.88 Å². The molecule has 0 bridgehead atoms. The molecule has 2 heterocycles. The van der Waals surface area contributed by atoms with E-state index in [9.17, 15) is 0 Å². The van der Waals surface area contributed by atoms with E-state index in [4.69, 9.17) is 5.73 Å². The molecule has 1 saturated heterocycles. The van der Waals surface area contributed by atoms with Gasteiger partial charge in [0.05, 0.1) is 5.69 Å². The van der Waals surface area contributed by atoms with Crippen LogP contribution < -0.4 is 5.73 Å². The molecule has 1 fully saturated rings. The zero-order valence-corrected chi connectivity index (χ0v) is 9.26. The normalized spacial score (nSPS) is 24.3. The Balaban J connectivity index is 2.00. The fourth-order valence-electron chi connectivity index (χ4n) is 2.22. The lowest BCUT2D eigenvalue weighted by Gasteiger charge is -2.23. The molecule has 0 aliphatic carbocycles. The van der Waals surface area contributed by atoms with Crippen LogP contribution in [0.15, 0.2) is 24.4 Å². The maximum atomic E-state index is 5.69. The molecular weight excluding hydrogens is 186 g/mol. The Kier molecular flexibility index (Phi) is 3.34. The number of nitrogens with two attached hydrogens (primary N) is 1. The van der Waals surface area contributed by atoms with Crippen LogP contribution in [0.3, 0.4) is 0 Å². The number of hydrogen-bond donors (Lipinski definition) is 1. The Labute approximate surface area is 91.3 Å². The fourth-order valence-corrected chi connectivity index (χ4v) is 2.22. The zero-order chi connectivity index (χ0) is 10.7. The second kappa shape index (κ2) is 4.73. The van der Waals surface area contributed by atoms with Crippen molar-refractivity contribution < 1.29 is 0 Å². The van der Waals surface area contributed by atoms with E-state index in [1.165, 1.54) is 6.42 Å². The van der Waals surface area contributed by atoms with E-state index in [0.717, 1.165) is 25.3 Å². The van der Waals surface area contributed by atoms with Crippen LogP contribution in [0.25, 0.3) is 0 Å². The summed E-state index contributed by atoms with van der Waals surface area (Å²) < 4.78 is 0. The molecule has 0 spiro atoms. The average molecular weight is 205 g/mol. The molecule has 82 valence electrons. The summed E-state index contributed by atoms with van der Waals surface area (Å²) in [7, 11) is 0. The van der Waals surface area contributed by atoms with Gasteiger partial charge >= 0.3 is 0 Å². The smallest absolute Gasteiger partial charge is 0.0572 e. The summed E-state index contributed by atoms with van der Waals surface area (Å²) in [6.45, 7) is 5.31. The van der Waals surface area contributed by atoms with Crippen molar-refractivity contribution in [3.63, 3.8) is 0 Å². The van der Waals surface area contributed by atoms with Crippen molar-refractivity contribution in [2.24, 2.45) is 11.7 Å².